The molecule has 1 amide bonds. The van der Waals surface area contributed by atoms with E-state index >= 15 is 0 Å². The molecule has 41 heavy (non-hydrogen) atoms. The zero-order valence-corrected chi connectivity index (χ0v) is 24.1. The highest BCUT2D eigenvalue weighted by Gasteiger charge is 2.38. The fourth-order valence-corrected chi connectivity index (χ4v) is 5.51. The Balaban J connectivity index is 1.72. The molecule has 1 fully saturated rings. The number of nitrogens with zero attached hydrogens (tertiary/aromatic N) is 1. The van der Waals surface area contributed by atoms with Gasteiger partial charge in [0.25, 0.3) is 0 Å². The van der Waals surface area contributed by atoms with Crippen LogP contribution in [0.3, 0.4) is 0 Å². The van der Waals surface area contributed by atoms with E-state index in [9.17, 15) is 19.8 Å². The maximum atomic E-state index is 13.4. The number of hydrogen-bond acceptors (Lipinski definition) is 11. The number of amides is 1. The van der Waals surface area contributed by atoms with Crippen LogP contribution in [0.15, 0.2) is 29.1 Å². The summed E-state index contributed by atoms with van der Waals surface area (Å²) in [4.78, 5) is 31.9. The molecule has 0 bridgehead atoms. The van der Waals surface area contributed by atoms with Gasteiger partial charge in [-0.15, -0.1) is 0 Å². The van der Waals surface area contributed by atoms with Gasteiger partial charge in [-0.2, -0.15) is 5.06 Å². The maximum Gasteiger partial charge on any atom is 0.237 e. The minimum atomic E-state index is -1.03. The fraction of sp³-hybridized carbons (Fsp3) is 0.517. The van der Waals surface area contributed by atoms with Gasteiger partial charge in [-0.05, 0) is 54.7 Å². The first-order valence-corrected chi connectivity index (χ1v) is 13.3. The summed E-state index contributed by atoms with van der Waals surface area (Å²) in [7, 11) is 7.43. The second-order valence-corrected chi connectivity index (χ2v) is 9.96. The monoisotopic (exact) mass is 574 g/mol. The highest BCUT2D eigenvalue weighted by Crippen LogP contribution is 2.50. The number of nitrogens with one attached hydrogen (secondary N) is 1. The number of aliphatic hydroxyl groups is 2. The SMILES string of the molecule is COc1cc2c(c(OC)c1OC)-c1ccc(OC)c(=O)cc1[C@@H](NC(=O)CN(OC)C1C[C@H](O)[C@H](O)[C@@H](C)O1)CC2. The van der Waals surface area contributed by atoms with Crippen LogP contribution in [0.25, 0.3) is 11.1 Å². The number of hydroxylamine groups is 2. The van der Waals surface area contributed by atoms with Crippen molar-refractivity contribution in [3.63, 3.8) is 0 Å². The Bertz CT molecular complexity index is 1310. The molecule has 2 aliphatic rings. The summed E-state index contributed by atoms with van der Waals surface area (Å²) in [6, 6.07) is 6.16. The Morgan fingerprint density at radius 3 is 2.34 bits per heavy atom. The van der Waals surface area contributed by atoms with E-state index in [4.69, 9.17) is 28.5 Å². The molecule has 0 radical (unpaired) electrons. The van der Waals surface area contributed by atoms with Crippen molar-refractivity contribution in [2.75, 3.05) is 42.1 Å². The van der Waals surface area contributed by atoms with Crippen molar-refractivity contribution in [2.45, 2.75) is 56.8 Å². The van der Waals surface area contributed by atoms with Gasteiger partial charge in [-0.25, -0.2) is 0 Å². The van der Waals surface area contributed by atoms with Gasteiger partial charge in [0, 0.05) is 12.0 Å². The highest BCUT2D eigenvalue weighted by atomic mass is 16.7. The molecule has 0 saturated carbocycles. The molecule has 0 spiro atoms. The van der Waals surface area contributed by atoms with Gasteiger partial charge in [-0.1, -0.05) is 6.07 Å². The van der Waals surface area contributed by atoms with E-state index in [0.717, 1.165) is 11.1 Å². The second kappa shape index (κ2) is 13.0. The normalized spacial score (nSPS) is 23.6. The number of rotatable bonds is 9. The van der Waals surface area contributed by atoms with E-state index in [-0.39, 0.29) is 24.1 Å². The molecule has 12 nitrogen and oxygen atoms in total. The molecule has 5 atom stereocenters. The Labute approximate surface area is 238 Å². The summed E-state index contributed by atoms with van der Waals surface area (Å²) in [5, 5.41) is 24.6. The lowest BCUT2D eigenvalue weighted by Gasteiger charge is -2.39. The largest absolute Gasteiger partial charge is 0.493 e. The van der Waals surface area contributed by atoms with Gasteiger partial charge in [-0.3, -0.25) is 14.4 Å². The second-order valence-electron chi connectivity index (χ2n) is 9.96. The van der Waals surface area contributed by atoms with Crippen LogP contribution in [-0.4, -0.2) is 87.8 Å². The minimum Gasteiger partial charge on any atom is -0.493 e. The van der Waals surface area contributed by atoms with Crippen molar-refractivity contribution < 1.29 is 43.5 Å². The molecule has 12 heteroatoms. The first-order valence-electron chi connectivity index (χ1n) is 13.3. The molecule has 1 aliphatic carbocycles. The van der Waals surface area contributed by atoms with Crippen LogP contribution in [-0.2, 0) is 20.8 Å². The number of benzene rings is 1. The van der Waals surface area contributed by atoms with Gasteiger partial charge >= 0.3 is 0 Å². The molecule has 4 rings (SSSR count). The minimum absolute atomic E-state index is 0.0623. The standard InChI is InChI=1S/C29H38N2O10/c1-15-27(35)21(33)13-25(41-15)31(40-6)14-24(34)30-19-9-7-16-11-23(37-3)28(38-4)29(39-5)26(16)17-8-10-22(36-2)20(32)12-18(17)19/h8,10-12,15,19,21,25,27,33,35H,7,9,13-14H2,1-6H3,(H,30,34)/t15-,19+,21+,25?,27-/m1/s1. The Morgan fingerprint density at radius 2 is 1.73 bits per heavy atom. The number of carbonyl (C=O) groups is 1. The first-order chi connectivity index (χ1) is 19.7. The molecule has 224 valence electrons. The number of carbonyl (C=O) groups excluding carboxylic acids is 1. The van der Waals surface area contributed by atoms with Gasteiger partial charge in [0.2, 0.25) is 17.1 Å². The van der Waals surface area contributed by atoms with E-state index in [0.29, 0.717) is 41.2 Å². The third-order valence-electron chi connectivity index (χ3n) is 7.60. The van der Waals surface area contributed by atoms with Crippen LogP contribution < -0.4 is 29.7 Å². The van der Waals surface area contributed by atoms with Crippen LogP contribution in [0, 0.1) is 0 Å². The molecule has 1 unspecified atom stereocenters. The smallest absolute Gasteiger partial charge is 0.237 e. The van der Waals surface area contributed by atoms with Crippen molar-refractivity contribution >= 4 is 5.91 Å². The molecule has 1 heterocycles. The Kier molecular flexibility index (Phi) is 9.72. The topological polar surface area (TPSA) is 145 Å². The number of aryl methyl sites for hydroxylation is 1. The Morgan fingerprint density at radius 1 is 1.02 bits per heavy atom. The average molecular weight is 575 g/mol. The first kappa shape index (κ1) is 30.5. The van der Waals surface area contributed by atoms with Crippen LogP contribution in [0.4, 0.5) is 0 Å². The van der Waals surface area contributed by atoms with Crippen molar-refractivity contribution in [3.05, 3.63) is 45.6 Å². The van der Waals surface area contributed by atoms with Crippen LogP contribution in [0.5, 0.6) is 23.0 Å². The molecule has 1 aliphatic heterocycles. The van der Waals surface area contributed by atoms with Gasteiger partial charge < -0.3 is 39.2 Å². The molecule has 3 N–H and O–H groups in total. The van der Waals surface area contributed by atoms with E-state index in [1.807, 2.05) is 6.07 Å². The molecular formula is C29H38N2O10. The molecule has 2 aromatic rings. The molecular weight excluding hydrogens is 536 g/mol. The number of aliphatic hydroxyl groups excluding tert-OH is 2. The van der Waals surface area contributed by atoms with Gasteiger partial charge in [0.1, 0.15) is 18.9 Å². The maximum absolute atomic E-state index is 13.4. The molecule has 1 saturated heterocycles. The zero-order valence-electron chi connectivity index (χ0n) is 24.1. The van der Waals surface area contributed by atoms with Crippen molar-refractivity contribution in [1.82, 2.24) is 10.4 Å². The highest BCUT2D eigenvalue weighted by molar-refractivity contribution is 5.84. The van der Waals surface area contributed by atoms with Crippen molar-refractivity contribution in [1.29, 1.82) is 0 Å². The summed E-state index contributed by atoms with van der Waals surface area (Å²) in [5.41, 5.74) is 2.54. The lowest BCUT2D eigenvalue weighted by atomic mass is 9.95. The number of fused-ring (bicyclic) bond motifs is 3. The summed E-state index contributed by atoms with van der Waals surface area (Å²) in [6.45, 7) is 1.42. The summed E-state index contributed by atoms with van der Waals surface area (Å²) < 4.78 is 28.1. The number of hydrogen-bond donors (Lipinski definition) is 3. The van der Waals surface area contributed by atoms with Gasteiger partial charge in [0.15, 0.2) is 17.2 Å². The number of methoxy groups -OCH3 is 4. The van der Waals surface area contributed by atoms with Crippen LogP contribution in [0.1, 0.15) is 36.9 Å². The fourth-order valence-electron chi connectivity index (χ4n) is 5.51. The zero-order chi connectivity index (χ0) is 29.8. The molecule has 2 aromatic carbocycles. The quantitative estimate of drug-likeness (QED) is 0.375. The van der Waals surface area contributed by atoms with Crippen LogP contribution in [0.2, 0.25) is 0 Å². The van der Waals surface area contributed by atoms with E-state index in [2.05, 4.69) is 5.32 Å². The van der Waals surface area contributed by atoms with Crippen molar-refractivity contribution in [2.24, 2.45) is 0 Å². The average Bonchev–Trinajstić information content (AvgIpc) is 3.21. The van der Waals surface area contributed by atoms with Crippen molar-refractivity contribution in [3.8, 4) is 34.1 Å². The molecule has 0 aromatic heterocycles. The summed E-state index contributed by atoms with van der Waals surface area (Å²) >= 11 is 0. The lowest BCUT2D eigenvalue weighted by molar-refractivity contribution is -0.286. The van der Waals surface area contributed by atoms with Gasteiger partial charge in [0.05, 0.1) is 53.8 Å². The predicted octanol–water partition coefficient (Wildman–Crippen LogP) is 1.57. The third-order valence-corrected chi connectivity index (χ3v) is 7.60. The van der Waals surface area contributed by atoms with E-state index in [1.54, 1.807) is 26.2 Å². The summed E-state index contributed by atoms with van der Waals surface area (Å²) in [6.07, 6.45) is -2.39. The third kappa shape index (κ3) is 6.11. The summed E-state index contributed by atoms with van der Waals surface area (Å²) in [5.74, 6) is 1.12. The lowest BCUT2D eigenvalue weighted by Crippen LogP contribution is -2.54. The number of ether oxygens (including phenoxy) is 5. The van der Waals surface area contributed by atoms with E-state index in [1.165, 1.54) is 39.6 Å². The van der Waals surface area contributed by atoms with E-state index < -0.39 is 36.5 Å². The van der Waals surface area contributed by atoms with Crippen LogP contribution >= 0.6 is 0 Å². The predicted molar refractivity (Wildman–Crippen MR) is 148 cm³/mol. The Hall–Kier alpha value is -3.42.